The summed E-state index contributed by atoms with van der Waals surface area (Å²) in [7, 11) is 0. The Labute approximate surface area is 123 Å². The third kappa shape index (κ3) is 2.97. The van der Waals surface area contributed by atoms with Crippen LogP contribution in [0.25, 0.3) is 0 Å². The first-order valence-corrected chi connectivity index (χ1v) is 6.08. The number of amides is 1. The van der Waals surface area contributed by atoms with Gasteiger partial charge in [-0.25, -0.2) is 0 Å². The summed E-state index contributed by atoms with van der Waals surface area (Å²) in [6, 6.07) is 9.76. The molecule has 0 bridgehead atoms. The fraction of sp³-hybridized carbons (Fsp3) is 0. The molecule has 4 nitrogen and oxygen atoms in total. The van der Waals surface area contributed by atoms with Gasteiger partial charge < -0.3 is 16.8 Å². The molecule has 21 heavy (non-hydrogen) atoms. The van der Waals surface area contributed by atoms with Gasteiger partial charge in [0.2, 0.25) is 0 Å². The molecule has 0 radical (unpaired) electrons. The van der Waals surface area contributed by atoms with Gasteiger partial charge in [-0.2, -0.15) is 0 Å². The lowest BCUT2D eigenvalue weighted by Gasteiger charge is -2.10. The van der Waals surface area contributed by atoms with Crippen molar-refractivity contribution < 1.29 is 4.79 Å². The predicted molar refractivity (Wildman–Crippen MR) is 85.5 cm³/mol. The molecule has 2 rings (SSSR count). The fourth-order valence-corrected chi connectivity index (χ4v) is 1.93. The molecule has 2 aromatic carbocycles. The van der Waals surface area contributed by atoms with Crippen molar-refractivity contribution in [2.24, 2.45) is 0 Å². The Morgan fingerprint density at radius 1 is 1.05 bits per heavy atom. The van der Waals surface area contributed by atoms with Crippen molar-refractivity contribution in [3.63, 3.8) is 0 Å². The number of hydrogen-bond acceptors (Lipinski definition) is 3. The van der Waals surface area contributed by atoms with Gasteiger partial charge in [0.1, 0.15) is 0 Å². The Balaban J connectivity index is 2.37. The second-order valence-corrected chi connectivity index (χ2v) is 4.36. The molecule has 5 N–H and O–H groups in total. The number of benzene rings is 2. The highest BCUT2D eigenvalue weighted by Gasteiger charge is 2.11. The summed E-state index contributed by atoms with van der Waals surface area (Å²) >= 11 is 0. The lowest BCUT2D eigenvalue weighted by Crippen LogP contribution is -2.14. The van der Waals surface area contributed by atoms with Crippen molar-refractivity contribution in [3.8, 4) is 24.7 Å². The number of terminal acetylenes is 2. The first-order chi connectivity index (χ1) is 10.0. The van der Waals surface area contributed by atoms with Crippen LogP contribution in [-0.2, 0) is 0 Å². The maximum atomic E-state index is 12.2. The summed E-state index contributed by atoms with van der Waals surface area (Å²) in [4.78, 5) is 12.2. The highest BCUT2D eigenvalue weighted by atomic mass is 16.1. The Hall–Kier alpha value is -3.37. The topological polar surface area (TPSA) is 81.1 Å². The normalized spacial score (nSPS) is 9.43. The Bertz CT molecular complexity index is 774. The number of nitrogen functional groups attached to an aromatic ring is 2. The summed E-state index contributed by atoms with van der Waals surface area (Å²) in [5.41, 5.74) is 14.0. The van der Waals surface area contributed by atoms with Crippen LogP contribution >= 0.6 is 0 Å². The van der Waals surface area contributed by atoms with Gasteiger partial charge in [0.25, 0.3) is 5.91 Å². The number of rotatable bonds is 2. The summed E-state index contributed by atoms with van der Waals surface area (Å²) in [6.07, 6.45) is 10.8. The van der Waals surface area contributed by atoms with Crippen LogP contribution in [0.3, 0.4) is 0 Å². The van der Waals surface area contributed by atoms with E-state index in [0.717, 1.165) is 0 Å². The zero-order valence-electron chi connectivity index (χ0n) is 11.2. The molecule has 1 amide bonds. The first-order valence-electron chi connectivity index (χ1n) is 6.08. The maximum Gasteiger partial charge on any atom is 0.255 e. The van der Waals surface area contributed by atoms with Crippen molar-refractivity contribution in [3.05, 3.63) is 53.1 Å². The molecule has 0 aromatic heterocycles. The minimum absolute atomic E-state index is 0.349. The summed E-state index contributed by atoms with van der Waals surface area (Å²) in [6.45, 7) is 0. The molecule has 0 heterocycles. The lowest BCUT2D eigenvalue weighted by atomic mass is 10.1. The van der Waals surface area contributed by atoms with Gasteiger partial charge in [0, 0.05) is 22.5 Å². The highest BCUT2D eigenvalue weighted by molar-refractivity contribution is 6.06. The summed E-state index contributed by atoms with van der Waals surface area (Å²) in [5.74, 6) is 4.61. The SMILES string of the molecule is C#Cc1cccc(NC(=O)c2cc(N)cc(N)c2)c1C#C. The van der Waals surface area contributed by atoms with E-state index < -0.39 is 0 Å². The van der Waals surface area contributed by atoms with Gasteiger partial charge in [0.05, 0.1) is 11.3 Å². The fourth-order valence-electron chi connectivity index (χ4n) is 1.93. The molecule has 0 fully saturated rings. The van der Waals surface area contributed by atoms with Gasteiger partial charge in [0.15, 0.2) is 0 Å². The number of nitrogens with two attached hydrogens (primary N) is 2. The first kappa shape index (κ1) is 14.0. The van der Waals surface area contributed by atoms with Crippen LogP contribution in [0.15, 0.2) is 36.4 Å². The maximum absolute atomic E-state index is 12.2. The molecule has 0 aliphatic heterocycles. The molecule has 0 spiro atoms. The zero-order chi connectivity index (χ0) is 15.4. The van der Waals surface area contributed by atoms with E-state index in [9.17, 15) is 4.79 Å². The van der Waals surface area contributed by atoms with Crippen molar-refractivity contribution in [2.45, 2.75) is 0 Å². The molecular weight excluding hydrogens is 262 g/mol. The van der Waals surface area contributed by atoms with Crippen molar-refractivity contribution >= 4 is 23.0 Å². The number of anilines is 3. The van der Waals surface area contributed by atoms with Crippen LogP contribution in [0.5, 0.6) is 0 Å². The van der Waals surface area contributed by atoms with Crippen molar-refractivity contribution in [2.75, 3.05) is 16.8 Å². The van der Waals surface area contributed by atoms with Gasteiger partial charge in [-0.3, -0.25) is 4.79 Å². The molecule has 0 aliphatic rings. The van der Waals surface area contributed by atoms with Crippen LogP contribution in [0, 0.1) is 24.7 Å². The average Bonchev–Trinajstić information content (AvgIpc) is 2.45. The van der Waals surface area contributed by atoms with E-state index in [1.807, 2.05) is 0 Å². The largest absolute Gasteiger partial charge is 0.399 e. The Morgan fingerprint density at radius 2 is 1.71 bits per heavy atom. The van der Waals surface area contributed by atoms with E-state index in [-0.39, 0.29) is 5.91 Å². The second kappa shape index (κ2) is 5.73. The van der Waals surface area contributed by atoms with Gasteiger partial charge in [-0.15, -0.1) is 12.8 Å². The smallest absolute Gasteiger partial charge is 0.255 e. The lowest BCUT2D eigenvalue weighted by molar-refractivity contribution is 0.102. The van der Waals surface area contributed by atoms with E-state index >= 15 is 0 Å². The zero-order valence-corrected chi connectivity index (χ0v) is 11.2. The molecule has 2 aromatic rings. The standard InChI is InChI=1S/C17H13N3O/c1-3-11-6-5-7-16(15(11)4-2)20-17(21)12-8-13(18)10-14(19)9-12/h1-2,5-10H,18-19H2,(H,20,21). The van der Waals surface area contributed by atoms with Gasteiger partial charge in [-0.1, -0.05) is 17.9 Å². The van der Waals surface area contributed by atoms with Gasteiger partial charge in [-0.05, 0) is 30.3 Å². The molecule has 0 saturated carbocycles. The Kier molecular flexibility index (Phi) is 3.83. The molecular formula is C17H13N3O. The quantitative estimate of drug-likeness (QED) is 0.579. The molecule has 4 heteroatoms. The van der Waals surface area contributed by atoms with E-state index in [1.54, 1.807) is 24.3 Å². The van der Waals surface area contributed by atoms with Crippen molar-refractivity contribution in [1.82, 2.24) is 0 Å². The minimum Gasteiger partial charge on any atom is -0.399 e. The molecule has 0 saturated heterocycles. The molecule has 0 atom stereocenters. The second-order valence-electron chi connectivity index (χ2n) is 4.36. The molecule has 0 aliphatic carbocycles. The van der Waals surface area contributed by atoms with Gasteiger partial charge >= 0.3 is 0 Å². The molecule has 102 valence electrons. The number of carbonyl (C=O) groups excluding carboxylic acids is 1. The molecule has 0 unspecified atom stereocenters. The Morgan fingerprint density at radius 3 is 2.29 bits per heavy atom. The van der Waals surface area contributed by atoms with Crippen LogP contribution in [0.1, 0.15) is 21.5 Å². The van der Waals surface area contributed by atoms with Crippen LogP contribution < -0.4 is 16.8 Å². The summed E-state index contributed by atoms with van der Waals surface area (Å²) < 4.78 is 0. The van der Waals surface area contributed by atoms with Crippen LogP contribution in [-0.4, -0.2) is 5.91 Å². The summed E-state index contributed by atoms with van der Waals surface area (Å²) in [5, 5.41) is 2.72. The van der Waals surface area contributed by atoms with Crippen molar-refractivity contribution in [1.29, 1.82) is 0 Å². The number of carbonyl (C=O) groups is 1. The van der Waals surface area contributed by atoms with Crippen LogP contribution in [0.2, 0.25) is 0 Å². The monoisotopic (exact) mass is 275 g/mol. The van der Waals surface area contributed by atoms with E-state index in [4.69, 9.17) is 24.3 Å². The van der Waals surface area contributed by atoms with E-state index in [1.165, 1.54) is 12.1 Å². The number of hydrogen-bond donors (Lipinski definition) is 3. The van der Waals surface area contributed by atoms with E-state index in [2.05, 4.69) is 17.2 Å². The van der Waals surface area contributed by atoms with E-state index in [0.29, 0.717) is 33.8 Å². The minimum atomic E-state index is -0.361. The third-order valence-electron chi connectivity index (χ3n) is 2.85. The van der Waals surface area contributed by atoms with Crippen LogP contribution in [0.4, 0.5) is 17.1 Å². The third-order valence-corrected chi connectivity index (χ3v) is 2.85. The average molecular weight is 275 g/mol. The highest BCUT2D eigenvalue weighted by Crippen LogP contribution is 2.20. The number of nitrogens with one attached hydrogen (secondary N) is 1. The predicted octanol–water partition coefficient (Wildman–Crippen LogP) is 2.07.